The number of hydrogen-bond donors (Lipinski definition) is 1. The fourth-order valence-corrected chi connectivity index (χ4v) is 7.50. The predicted octanol–water partition coefficient (Wildman–Crippen LogP) is 11.3. The summed E-state index contributed by atoms with van der Waals surface area (Å²) in [5.41, 5.74) is 10.9. The Hall–Kier alpha value is -6.13. The largest absolute Gasteiger partial charge is 0.354 e. The van der Waals surface area contributed by atoms with E-state index in [0.717, 1.165) is 55.3 Å². The van der Waals surface area contributed by atoms with Gasteiger partial charge in [0.2, 0.25) is 0 Å². The Morgan fingerprint density at radius 3 is 1.43 bits per heavy atom. The molecule has 0 unspecified atom stereocenters. The summed E-state index contributed by atoms with van der Waals surface area (Å²) in [6, 6.07) is 52.4. The van der Waals surface area contributed by atoms with Crippen molar-refractivity contribution in [3.8, 4) is 22.5 Å². The van der Waals surface area contributed by atoms with Gasteiger partial charge in [-0.05, 0) is 72.3 Å². The van der Waals surface area contributed by atoms with Crippen LogP contribution in [0.5, 0.6) is 0 Å². The summed E-state index contributed by atoms with van der Waals surface area (Å²) in [6.07, 6.45) is 0. The van der Waals surface area contributed by atoms with E-state index < -0.39 is 0 Å². The molecule has 3 aromatic heterocycles. The van der Waals surface area contributed by atoms with Crippen LogP contribution in [0.1, 0.15) is 0 Å². The first-order chi connectivity index (χ1) is 22.7. The molecule has 10 aromatic rings. The lowest BCUT2D eigenvalue weighted by atomic mass is 10.0. The molecule has 0 aliphatic heterocycles. The SMILES string of the molecule is Fc1ccc(-c2cc(-n3c4ccccc4c4ccccc43)cc3c2[nH]c2ccc(-n4c5ccccc5c5ccccc54)cc23)cc1. The first-order valence-corrected chi connectivity index (χ1v) is 15.6. The molecule has 10 rings (SSSR count). The van der Waals surface area contributed by atoms with E-state index in [9.17, 15) is 4.39 Å². The first-order valence-electron chi connectivity index (χ1n) is 15.6. The van der Waals surface area contributed by atoms with Crippen LogP contribution >= 0.6 is 0 Å². The number of rotatable bonds is 3. The van der Waals surface area contributed by atoms with Crippen molar-refractivity contribution < 1.29 is 4.39 Å². The third-order valence-corrected chi connectivity index (χ3v) is 9.51. The standard InChI is InChI=1S/C42H26FN3/c43-27-19-17-26(18-20-27)34-24-29(46-40-15-7-3-11-32(40)33-12-4-8-16-41(33)46)25-36-35-23-28(21-22-37(35)44-42(34)36)45-38-13-5-1-9-30(38)31-10-2-6-14-39(31)45/h1-25,44H. The second kappa shape index (κ2) is 9.43. The second-order valence-electron chi connectivity index (χ2n) is 12.0. The molecule has 46 heavy (non-hydrogen) atoms. The molecule has 216 valence electrons. The molecule has 0 fully saturated rings. The highest BCUT2D eigenvalue weighted by Gasteiger charge is 2.18. The van der Waals surface area contributed by atoms with Crippen LogP contribution in [0.2, 0.25) is 0 Å². The minimum absolute atomic E-state index is 0.244. The van der Waals surface area contributed by atoms with E-state index in [-0.39, 0.29) is 5.82 Å². The molecule has 0 bridgehead atoms. The Morgan fingerprint density at radius 2 is 0.891 bits per heavy atom. The summed E-state index contributed by atoms with van der Waals surface area (Å²) in [7, 11) is 0. The zero-order valence-corrected chi connectivity index (χ0v) is 24.7. The van der Waals surface area contributed by atoms with Crippen LogP contribution in [0, 0.1) is 5.82 Å². The Bertz CT molecular complexity index is 2710. The third kappa shape index (κ3) is 3.52. The van der Waals surface area contributed by atoms with Crippen molar-refractivity contribution in [3.05, 3.63) is 157 Å². The number of halogens is 1. The smallest absolute Gasteiger partial charge is 0.123 e. The van der Waals surface area contributed by atoms with E-state index in [4.69, 9.17) is 0 Å². The highest BCUT2D eigenvalue weighted by molar-refractivity contribution is 6.15. The van der Waals surface area contributed by atoms with Crippen molar-refractivity contribution in [2.75, 3.05) is 0 Å². The van der Waals surface area contributed by atoms with E-state index in [2.05, 4.69) is 142 Å². The van der Waals surface area contributed by atoms with Crippen LogP contribution in [-0.2, 0) is 0 Å². The Labute approximate surface area is 263 Å². The number of aromatic nitrogens is 3. The lowest BCUT2D eigenvalue weighted by molar-refractivity contribution is 0.628. The van der Waals surface area contributed by atoms with Crippen molar-refractivity contribution in [2.45, 2.75) is 0 Å². The van der Waals surface area contributed by atoms with Gasteiger partial charge in [0.05, 0.1) is 27.6 Å². The summed E-state index contributed by atoms with van der Waals surface area (Å²) in [5.74, 6) is -0.244. The zero-order chi connectivity index (χ0) is 30.4. The molecule has 0 radical (unpaired) electrons. The van der Waals surface area contributed by atoms with Crippen molar-refractivity contribution in [3.63, 3.8) is 0 Å². The molecule has 3 nitrogen and oxygen atoms in total. The van der Waals surface area contributed by atoms with E-state index in [1.54, 1.807) is 0 Å². The number of H-pyrrole nitrogens is 1. The molecule has 0 aliphatic carbocycles. The monoisotopic (exact) mass is 591 g/mol. The highest BCUT2D eigenvalue weighted by atomic mass is 19.1. The quantitative estimate of drug-likeness (QED) is 0.212. The highest BCUT2D eigenvalue weighted by Crippen LogP contribution is 2.40. The fourth-order valence-electron chi connectivity index (χ4n) is 7.50. The van der Waals surface area contributed by atoms with Crippen LogP contribution in [0.25, 0.3) is 87.9 Å². The summed E-state index contributed by atoms with van der Waals surface area (Å²) in [5, 5.41) is 7.17. The summed E-state index contributed by atoms with van der Waals surface area (Å²) >= 11 is 0. The molecule has 4 heteroatoms. The van der Waals surface area contributed by atoms with Crippen molar-refractivity contribution in [1.29, 1.82) is 0 Å². The van der Waals surface area contributed by atoms with Gasteiger partial charge in [-0.2, -0.15) is 0 Å². The number of para-hydroxylation sites is 4. The zero-order valence-electron chi connectivity index (χ0n) is 24.7. The number of fused-ring (bicyclic) bond motifs is 9. The third-order valence-electron chi connectivity index (χ3n) is 9.51. The summed E-state index contributed by atoms with van der Waals surface area (Å²) in [6.45, 7) is 0. The molecule has 0 saturated carbocycles. The van der Waals surface area contributed by atoms with Crippen molar-refractivity contribution in [1.82, 2.24) is 14.1 Å². The molecule has 0 aliphatic rings. The number of aromatic amines is 1. The number of hydrogen-bond acceptors (Lipinski definition) is 0. The van der Waals surface area contributed by atoms with E-state index in [0.29, 0.717) is 0 Å². The Kier molecular flexibility index (Phi) is 5.17. The number of benzene rings is 7. The first kappa shape index (κ1) is 25.2. The van der Waals surface area contributed by atoms with Gasteiger partial charge in [0.25, 0.3) is 0 Å². The van der Waals surface area contributed by atoms with Gasteiger partial charge in [0.15, 0.2) is 0 Å². The molecular formula is C42H26FN3. The van der Waals surface area contributed by atoms with E-state index >= 15 is 0 Å². The molecule has 0 atom stereocenters. The van der Waals surface area contributed by atoms with Gasteiger partial charge in [0, 0.05) is 54.8 Å². The van der Waals surface area contributed by atoms with Crippen LogP contribution in [0.4, 0.5) is 4.39 Å². The maximum Gasteiger partial charge on any atom is 0.123 e. The second-order valence-corrected chi connectivity index (χ2v) is 12.0. The fraction of sp³-hybridized carbons (Fsp3) is 0. The molecule has 0 spiro atoms. The van der Waals surface area contributed by atoms with Crippen LogP contribution < -0.4 is 0 Å². The van der Waals surface area contributed by atoms with Crippen molar-refractivity contribution >= 4 is 65.4 Å². The maximum absolute atomic E-state index is 14.1. The molecule has 7 aromatic carbocycles. The van der Waals surface area contributed by atoms with Gasteiger partial charge in [-0.3, -0.25) is 0 Å². The average molecular weight is 592 g/mol. The van der Waals surface area contributed by atoms with Gasteiger partial charge in [0.1, 0.15) is 5.82 Å². The van der Waals surface area contributed by atoms with E-state index in [1.165, 1.54) is 44.7 Å². The van der Waals surface area contributed by atoms with E-state index in [1.807, 2.05) is 12.1 Å². The number of nitrogens with zero attached hydrogens (tertiary/aromatic N) is 2. The normalized spacial score (nSPS) is 12.0. The molecule has 0 amide bonds. The summed E-state index contributed by atoms with van der Waals surface area (Å²) in [4.78, 5) is 3.74. The van der Waals surface area contributed by atoms with Gasteiger partial charge in [-0.1, -0.05) is 84.9 Å². The molecule has 1 N–H and O–H groups in total. The summed E-state index contributed by atoms with van der Waals surface area (Å²) < 4.78 is 18.8. The van der Waals surface area contributed by atoms with Gasteiger partial charge >= 0.3 is 0 Å². The Balaban J connectivity index is 1.31. The van der Waals surface area contributed by atoms with Crippen LogP contribution in [-0.4, -0.2) is 14.1 Å². The van der Waals surface area contributed by atoms with Gasteiger partial charge in [-0.25, -0.2) is 4.39 Å². The predicted molar refractivity (Wildman–Crippen MR) is 190 cm³/mol. The Morgan fingerprint density at radius 1 is 0.413 bits per heavy atom. The molecular weight excluding hydrogens is 565 g/mol. The maximum atomic E-state index is 14.1. The number of nitrogens with one attached hydrogen (secondary N) is 1. The van der Waals surface area contributed by atoms with Crippen LogP contribution in [0.3, 0.4) is 0 Å². The lowest BCUT2D eigenvalue weighted by Gasteiger charge is -2.12. The van der Waals surface area contributed by atoms with Crippen LogP contribution in [0.15, 0.2) is 152 Å². The van der Waals surface area contributed by atoms with Gasteiger partial charge < -0.3 is 14.1 Å². The molecule has 0 saturated heterocycles. The minimum Gasteiger partial charge on any atom is -0.354 e. The van der Waals surface area contributed by atoms with Gasteiger partial charge in [-0.15, -0.1) is 0 Å². The molecule has 3 heterocycles. The minimum atomic E-state index is -0.244. The average Bonchev–Trinajstić information content (AvgIpc) is 3.76. The van der Waals surface area contributed by atoms with Crippen molar-refractivity contribution in [2.24, 2.45) is 0 Å². The topological polar surface area (TPSA) is 25.6 Å². The lowest BCUT2D eigenvalue weighted by Crippen LogP contribution is -1.95.